The maximum absolute atomic E-state index is 14.5. The molecular weight excluding hydrogens is 293 g/mol. The van der Waals surface area contributed by atoms with Gasteiger partial charge < -0.3 is 4.74 Å². The third-order valence-electron chi connectivity index (χ3n) is 3.34. The first kappa shape index (κ1) is 15.4. The molecule has 0 saturated carbocycles. The molecular formula is C13H16ClF3N2O. The van der Waals surface area contributed by atoms with E-state index in [1.165, 1.54) is 6.20 Å². The quantitative estimate of drug-likeness (QED) is 0.835. The summed E-state index contributed by atoms with van der Waals surface area (Å²) in [6.45, 7) is 0.148. The molecule has 0 amide bonds. The summed E-state index contributed by atoms with van der Waals surface area (Å²) >= 11 is 5.87. The van der Waals surface area contributed by atoms with Gasteiger partial charge in [-0.3, -0.25) is 4.90 Å². The fourth-order valence-electron chi connectivity index (χ4n) is 2.15. The average molecular weight is 309 g/mol. The molecule has 2 rings (SSSR count). The number of piperidine rings is 1. The zero-order valence-corrected chi connectivity index (χ0v) is 11.6. The molecule has 1 aromatic rings. The number of halogens is 4. The molecule has 7 heteroatoms. The molecule has 0 spiro atoms. The lowest BCUT2D eigenvalue weighted by Crippen LogP contribution is -2.46. The van der Waals surface area contributed by atoms with Crippen LogP contribution in [-0.4, -0.2) is 48.2 Å². The van der Waals surface area contributed by atoms with Crippen molar-refractivity contribution in [1.29, 1.82) is 0 Å². The lowest BCUT2D eigenvalue weighted by Gasteiger charge is -2.35. The number of ether oxygens (including phenoxy) is 1. The number of likely N-dealkylation sites (tertiary alicyclic amines) is 1. The fourth-order valence-corrected chi connectivity index (χ4v) is 2.33. The standard InChI is InChI=1S/C13H16ClF3N2O/c14-10-2-1-5-18-12(10)20-9-13(17)3-6-19(7-4-13)8-11(15)16/h1-2,5,11H,3-4,6-9H2. The lowest BCUT2D eigenvalue weighted by molar-refractivity contribution is -0.00222. The zero-order chi connectivity index (χ0) is 14.6. The van der Waals surface area contributed by atoms with E-state index in [-0.39, 0.29) is 31.9 Å². The van der Waals surface area contributed by atoms with Crippen molar-refractivity contribution in [3.05, 3.63) is 23.4 Å². The molecule has 1 aromatic heterocycles. The van der Waals surface area contributed by atoms with Gasteiger partial charge in [-0.25, -0.2) is 18.2 Å². The van der Waals surface area contributed by atoms with Gasteiger partial charge in [0.2, 0.25) is 5.88 Å². The summed E-state index contributed by atoms with van der Waals surface area (Å²) in [7, 11) is 0. The minimum Gasteiger partial charge on any atom is -0.473 e. The number of aromatic nitrogens is 1. The Morgan fingerprint density at radius 3 is 2.70 bits per heavy atom. The summed E-state index contributed by atoms with van der Waals surface area (Å²) in [5.41, 5.74) is -1.51. The summed E-state index contributed by atoms with van der Waals surface area (Å²) in [6, 6.07) is 3.27. The molecule has 3 nitrogen and oxygen atoms in total. The third-order valence-corrected chi connectivity index (χ3v) is 3.63. The molecule has 0 radical (unpaired) electrons. The van der Waals surface area contributed by atoms with Crippen LogP contribution in [0.25, 0.3) is 0 Å². The van der Waals surface area contributed by atoms with Gasteiger partial charge in [-0.1, -0.05) is 11.6 Å². The highest BCUT2D eigenvalue weighted by molar-refractivity contribution is 6.31. The Hall–Kier alpha value is -1.01. The zero-order valence-electron chi connectivity index (χ0n) is 10.9. The van der Waals surface area contributed by atoms with Crippen molar-refractivity contribution in [3.8, 4) is 5.88 Å². The van der Waals surface area contributed by atoms with Gasteiger partial charge in [0, 0.05) is 19.3 Å². The monoisotopic (exact) mass is 308 g/mol. The Morgan fingerprint density at radius 1 is 1.40 bits per heavy atom. The maximum atomic E-state index is 14.5. The van der Waals surface area contributed by atoms with Gasteiger partial charge in [0.1, 0.15) is 17.3 Å². The van der Waals surface area contributed by atoms with Gasteiger partial charge in [-0.2, -0.15) is 0 Å². The third kappa shape index (κ3) is 4.24. The molecule has 1 aliphatic heterocycles. The topological polar surface area (TPSA) is 25.4 Å². The van der Waals surface area contributed by atoms with Crippen LogP contribution in [0.15, 0.2) is 18.3 Å². The molecule has 0 atom stereocenters. The molecule has 1 aliphatic rings. The Morgan fingerprint density at radius 2 is 2.10 bits per heavy atom. The van der Waals surface area contributed by atoms with Crippen LogP contribution in [0.2, 0.25) is 5.02 Å². The molecule has 112 valence electrons. The molecule has 0 N–H and O–H groups in total. The highest BCUT2D eigenvalue weighted by Crippen LogP contribution is 2.29. The second-order valence-corrected chi connectivity index (χ2v) is 5.33. The lowest BCUT2D eigenvalue weighted by atomic mass is 9.94. The average Bonchev–Trinajstić information content (AvgIpc) is 2.41. The second-order valence-electron chi connectivity index (χ2n) is 4.92. The highest BCUT2D eigenvalue weighted by Gasteiger charge is 2.36. The Labute approximate surface area is 120 Å². The minimum absolute atomic E-state index is 0.160. The van der Waals surface area contributed by atoms with Crippen LogP contribution in [0.1, 0.15) is 12.8 Å². The molecule has 0 aromatic carbocycles. The first-order chi connectivity index (χ1) is 9.48. The van der Waals surface area contributed by atoms with Crippen molar-refractivity contribution in [2.24, 2.45) is 0 Å². The Bertz CT molecular complexity index is 439. The normalized spacial score (nSPS) is 19.2. The van der Waals surface area contributed by atoms with Crippen LogP contribution in [0, 0.1) is 0 Å². The van der Waals surface area contributed by atoms with Gasteiger partial charge in [0.05, 0.1) is 6.54 Å². The highest BCUT2D eigenvalue weighted by atomic mass is 35.5. The summed E-state index contributed by atoms with van der Waals surface area (Å²) in [6.07, 6.45) is -0.531. The van der Waals surface area contributed by atoms with E-state index in [0.29, 0.717) is 18.1 Å². The predicted octanol–water partition coefficient (Wildman–Crippen LogP) is 3.18. The molecule has 1 fully saturated rings. The number of nitrogens with zero attached hydrogens (tertiary/aromatic N) is 2. The van der Waals surface area contributed by atoms with E-state index in [2.05, 4.69) is 4.98 Å². The smallest absolute Gasteiger partial charge is 0.251 e. The van der Waals surface area contributed by atoms with Crippen molar-refractivity contribution in [2.45, 2.75) is 24.9 Å². The maximum Gasteiger partial charge on any atom is 0.251 e. The second kappa shape index (κ2) is 6.63. The van der Waals surface area contributed by atoms with E-state index < -0.39 is 12.1 Å². The summed E-state index contributed by atoms with van der Waals surface area (Å²) < 4.78 is 44.3. The summed E-state index contributed by atoms with van der Waals surface area (Å²) in [4.78, 5) is 5.48. The fraction of sp³-hybridized carbons (Fsp3) is 0.615. The van der Waals surface area contributed by atoms with Gasteiger partial charge in [-0.15, -0.1) is 0 Å². The van der Waals surface area contributed by atoms with Crippen LogP contribution in [0.4, 0.5) is 13.2 Å². The summed E-state index contributed by atoms with van der Waals surface area (Å²) in [5, 5.41) is 0.325. The number of hydrogen-bond donors (Lipinski definition) is 0. The molecule has 20 heavy (non-hydrogen) atoms. The largest absolute Gasteiger partial charge is 0.473 e. The molecule has 1 saturated heterocycles. The van der Waals surface area contributed by atoms with Gasteiger partial charge in [-0.05, 0) is 25.0 Å². The van der Waals surface area contributed by atoms with Crippen molar-refractivity contribution in [1.82, 2.24) is 9.88 Å². The van der Waals surface area contributed by atoms with Crippen molar-refractivity contribution in [3.63, 3.8) is 0 Å². The number of pyridine rings is 1. The van der Waals surface area contributed by atoms with Crippen molar-refractivity contribution >= 4 is 11.6 Å². The summed E-state index contributed by atoms with van der Waals surface area (Å²) in [5.74, 6) is 0.196. The molecule has 0 unspecified atom stereocenters. The Balaban J connectivity index is 1.83. The number of alkyl halides is 3. The predicted molar refractivity (Wildman–Crippen MR) is 70.3 cm³/mol. The first-order valence-electron chi connectivity index (χ1n) is 6.41. The van der Waals surface area contributed by atoms with Crippen LogP contribution < -0.4 is 4.74 Å². The first-order valence-corrected chi connectivity index (χ1v) is 6.79. The van der Waals surface area contributed by atoms with Crippen molar-refractivity contribution < 1.29 is 17.9 Å². The molecule has 2 heterocycles. The van der Waals surface area contributed by atoms with Gasteiger partial charge >= 0.3 is 0 Å². The molecule has 0 aliphatic carbocycles. The SMILES string of the molecule is FC(F)CN1CCC(F)(COc2ncccc2Cl)CC1. The van der Waals surface area contributed by atoms with E-state index in [9.17, 15) is 13.2 Å². The van der Waals surface area contributed by atoms with Gasteiger partial charge in [0.25, 0.3) is 6.43 Å². The van der Waals surface area contributed by atoms with Crippen molar-refractivity contribution in [2.75, 3.05) is 26.2 Å². The van der Waals surface area contributed by atoms with Crippen LogP contribution in [0.5, 0.6) is 5.88 Å². The van der Waals surface area contributed by atoms with Crippen LogP contribution in [-0.2, 0) is 0 Å². The molecule has 0 bridgehead atoms. The van der Waals surface area contributed by atoms with E-state index in [1.807, 2.05) is 0 Å². The van der Waals surface area contributed by atoms with E-state index >= 15 is 0 Å². The van der Waals surface area contributed by atoms with Crippen LogP contribution in [0.3, 0.4) is 0 Å². The minimum atomic E-state index is -2.38. The van der Waals surface area contributed by atoms with E-state index in [0.717, 1.165) is 0 Å². The number of rotatable bonds is 5. The van der Waals surface area contributed by atoms with Gasteiger partial charge in [0.15, 0.2) is 0 Å². The van der Waals surface area contributed by atoms with E-state index in [1.54, 1.807) is 17.0 Å². The number of hydrogen-bond acceptors (Lipinski definition) is 3. The van der Waals surface area contributed by atoms with Crippen LogP contribution >= 0.6 is 11.6 Å². The van der Waals surface area contributed by atoms with E-state index in [4.69, 9.17) is 16.3 Å². The Kier molecular flexibility index (Phi) is 5.10.